The first-order valence-corrected chi connectivity index (χ1v) is 8.55. The summed E-state index contributed by atoms with van der Waals surface area (Å²) in [7, 11) is 1.62. The van der Waals surface area contributed by atoms with E-state index >= 15 is 0 Å². The van der Waals surface area contributed by atoms with Crippen molar-refractivity contribution in [1.82, 2.24) is 10.3 Å². The van der Waals surface area contributed by atoms with Gasteiger partial charge < -0.3 is 4.74 Å². The van der Waals surface area contributed by atoms with E-state index in [1.165, 1.54) is 21.4 Å². The zero-order chi connectivity index (χ0) is 17.4. The minimum absolute atomic E-state index is 0.0493. The summed E-state index contributed by atoms with van der Waals surface area (Å²) in [5.74, 6) is -0.0518. The van der Waals surface area contributed by atoms with Crippen molar-refractivity contribution in [3.8, 4) is 10.8 Å². The Morgan fingerprint density at radius 3 is 2.42 bits per heavy atom. The minimum atomic E-state index is -0.566. The number of imide groups is 1. The molecule has 1 fully saturated rings. The van der Waals surface area contributed by atoms with Crippen molar-refractivity contribution >= 4 is 52.2 Å². The van der Waals surface area contributed by atoms with Crippen molar-refractivity contribution in [2.75, 3.05) is 18.6 Å². The number of thiophene rings is 1. The lowest BCUT2D eigenvalue weighted by Crippen LogP contribution is -2.59. The second kappa shape index (κ2) is 6.60. The number of aryl methyl sites for hydroxylation is 1. The molecule has 2 heterocycles. The molecule has 1 aromatic carbocycles. The molecule has 1 aliphatic rings. The Balaban J connectivity index is 1.92. The number of hydrazine groups is 1. The van der Waals surface area contributed by atoms with E-state index in [2.05, 4.69) is 5.32 Å². The number of carbonyl (C=O) groups excluding carboxylic acids is 2. The summed E-state index contributed by atoms with van der Waals surface area (Å²) in [6, 6.07) is 4.44. The summed E-state index contributed by atoms with van der Waals surface area (Å²) in [4.78, 5) is 23.4. The maximum atomic E-state index is 12.1. The van der Waals surface area contributed by atoms with Gasteiger partial charge in [0.15, 0.2) is 10.8 Å². The number of anilines is 1. The smallest absolute Gasteiger partial charge is 0.343 e. The molecule has 0 radical (unpaired) electrons. The third-order valence-electron chi connectivity index (χ3n) is 3.29. The zero-order valence-electron chi connectivity index (χ0n) is 12.8. The fraction of sp³-hybridized carbons (Fsp3) is 0.200. The van der Waals surface area contributed by atoms with E-state index in [1.807, 2.05) is 18.4 Å². The molecule has 126 valence electrons. The molecule has 0 aliphatic carbocycles. The van der Waals surface area contributed by atoms with Crippen LogP contribution in [0.5, 0.6) is 10.8 Å². The van der Waals surface area contributed by atoms with E-state index in [4.69, 9.17) is 27.9 Å². The lowest BCUT2D eigenvalue weighted by molar-refractivity contribution is -0.121. The van der Waals surface area contributed by atoms with E-state index in [-0.39, 0.29) is 22.5 Å². The summed E-state index contributed by atoms with van der Waals surface area (Å²) < 4.78 is 5.74. The van der Waals surface area contributed by atoms with Crippen LogP contribution in [0.3, 0.4) is 0 Å². The van der Waals surface area contributed by atoms with Gasteiger partial charge in [-0.1, -0.05) is 23.2 Å². The van der Waals surface area contributed by atoms with E-state index < -0.39 is 6.03 Å². The molecule has 0 bridgehead atoms. The van der Waals surface area contributed by atoms with Gasteiger partial charge in [-0.05, 0) is 36.1 Å². The number of carbonyl (C=O) groups is 2. The van der Waals surface area contributed by atoms with Crippen molar-refractivity contribution in [3.63, 3.8) is 0 Å². The van der Waals surface area contributed by atoms with Gasteiger partial charge in [0.25, 0.3) is 0 Å². The number of amides is 3. The predicted octanol–water partition coefficient (Wildman–Crippen LogP) is 4.06. The number of rotatable bonds is 3. The molecule has 3 rings (SSSR count). The van der Waals surface area contributed by atoms with Gasteiger partial charge in [-0.3, -0.25) is 10.1 Å². The van der Waals surface area contributed by atoms with Gasteiger partial charge in [0.05, 0.1) is 22.3 Å². The quantitative estimate of drug-likeness (QED) is 0.864. The van der Waals surface area contributed by atoms with Crippen LogP contribution in [0, 0.1) is 6.92 Å². The Labute approximate surface area is 152 Å². The number of hydrogen-bond donors (Lipinski definition) is 1. The normalized spacial score (nSPS) is 15.6. The highest BCUT2D eigenvalue weighted by atomic mass is 35.5. The predicted molar refractivity (Wildman–Crippen MR) is 94.2 cm³/mol. The highest BCUT2D eigenvalue weighted by Gasteiger charge is 2.30. The maximum Gasteiger partial charge on any atom is 0.343 e. The molecule has 0 atom stereocenters. The summed E-state index contributed by atoms with van der Waals surface area (Å²) in [6.45, 7) is 2.01. The standard InChI is InChI=1S/C15H13Cl2N3O3S/c1-8-3-13(24-7-8)23-14-10(16)4-9(5-11(14)17)20-15(22)18-12(21)6-19(20)2/h3-5,7H,6H2,1-2H3,(H,18,21,22). The van der Waals surface area contributed by atoms with Crippen LogP contribution in [0.25, 0.3) is 0 Å². The molecule has 1 aliphatic heterocycles. The first-order chi connectivity index (χ1) is 11.3. The SMILES string of the molecule is Cc1csc(Oc2c(Cl)cc(N3C(=O)NC(=O)CN3C)cc2Cl)c1. The fourth-order valence-corrected chi connectivity index (χ4v) is 3.59. The third-order valence-corrected chi connectivity index (χ3v) is 4.77. The number of likely N-dealkylation sites (N-methyl/N-ethyl adjacent to an activating group) is 1. The molecular formula is C15H13Cl2N3O3S. The number of hydrogen-bond acceptors (Lipinski definition) is 5. The van der Waals surface area contributed by atoms with Gasteiger partial charge in [-0.25, -0.2) is 14.8 Å². The van der Waals surface area contributed by atoms with Gasteiger partial charge in [0.2, 0.25) is 5.91 Å². The zero-order valence-corrected chi connectivity index (χ0v) is 15.1. The molecule has 0 unspecified atom stereocenters. The molecule has 1 N–H and O–H groups in total. The topological polar surface area (TPSA) is 61.9 Å². The lowest BCUT2D eigenvalue weighted by Gasteiger charge is -2.35. The van der Waals surface area contributed by atoms with Crippen LogP contribution < -0.4 is 15.1 Å². The maximum absolute atomic E-state index is 12.1. The van der Waals surface area contributed by atoms with E-state index in [9.17, 15) is 9.59 Å². The van der Waals surface area contributed by atoms with Gasteiger partial charge in [-0.15, -0.1) is 11.3 Å². The van der Waals surface area contributed by atoms with Gasteiger partial charge >= 0.3 is 6.03 Å². The van der Waals surface area contributed by atoms with Gasteiger partial charge in [0.1, 0.15) is 0 Å². The summed E-state index contributed by atoms with van der Waals surface area (Å²) >= 11 is 14.0. The molecule has 24 heavy (non-hydrogen) atoms. The highest BCUT2D eigenvalue weighted by Crippen LogP contribution is 2.41. The first kappa shape index (κ1) is 17.0. The average molecular weight is 386 g/mol. The summed E-state index contributed by atoms with van der Waals surface area (Å²) in [5, 5.41) is 8.17. The number of nitrogens with zero attached hydrogens (tertiary/aromatic N) is 2. The van der Waals surface area contributed by atoms with Crippen LogP contribution in [-0.4, -0.2) is 30.5 Å². The van der Waals surface area contributed by atoms with Crippen molar-refractivity contribution in [1.29, 1.82) is 0 Å². The molecule has 1 aromatic heterocycles. The fourth-order valence-electron chi connectivity index (χ4n) is 2.29. The Morgan fingerprint density at radius 2 is 1.88 bits per heavy atom. The lowest BCUT2D eigenvalue weighted by atomic mass is 10.3. The Bertz CT molecular complexity index is 801. The van der Waals surface area contributed by atoms with Crippen LogP contribution in [0.4, 0.5) is 10.5 Å². The van der Waals surface area contributed by atoms with Crippen LogP contribution in [0.15, 0.2) is 23.6 Å². The Morgan fingerprint density at radius 1 is 1.21 bits per heavy atom. The number of ether oxygens (including phenoxy) is 1. The number of nitrogens with one attached hydrogen (secondary N) is 1. The molecule has 9 heteroatoms. The first-order valence-electron chi connectivity index (χ1n) is 6.92. The average Bonchev–Trinajstić information content (AvgIpc) is 2.87. The monoisotopic (exact) mass is 385 g/mol. The van der Waals surface area contributed by atoms with Crippen molar-refractivity contribution in [2.24, 2.45) is 0 Å². The number of halogens is 2. The highest BCUT2D eigenvalue weighted by molar-refractivity contribution is 7.12. The van der Waals surface area contributed by atoms with Gasteiger partial charge in [0, 0.05) is 7.05 Å². The second-order valence-corrected chi connectivity index (χ2v) is 6.95. The van der Waals surface area contributed by atoms with E-state index in [0.29, 0.717) is 16.5 Å². The van der Waals surface area contributed by atoms with Gasteiger partial charge in [-0.2, -0.15) is 0 Å². The molecular weight excluding hydrogens is 373 g/mol. The Kier molecular flexibility index (Phi) is 4.69. The van der Waals surface area contributed by atoms with Crippen molar-refractivity contribution in [2.45, 2.75) is 6.92 Å². The number of benzene rings is 1. The molecule has 1 saturated heterocycles. The van der Waals surface area contributed by atoms with Crippen LogP contribution >= 0.6 is 34.5 Å². The molecule has 2 aromatic rings. The van der Waals surface area contributed by atoms with E-state index in [1.54, 1.807) is 19.2 Å². The van der Waals surface area contributed by atoms with Crippen LogP contribution in [0.1, 0.15) is 5.56 Å². The molecule has 6 nitrogen and oxygen atoms in total. The van der Waals surface area contributed by atoms with Crippen LogP contribution in [0.2, 0.25) is 10.0 Å². The minimum Gasteiger partial charge on any atom is -0.444 e. The van der Waals surface area contributed by atoms with E-state index in [0.717, 1.165) is 5.56 Å². The number of urea groups is 1. The molecule has 3 amide bonds. The second-order valence-electron chi connectivity index (χ2n) is 5.26. The van der Waals surface area contributed by atoms with Crippen molar-refractivity contribution in [3.05, 3.63) is 39.2 Å². The summed E-state index contributed by atoms with van der Waals surface area (Å²) in [5.41, 5.74) is 1.52. The largest absolute Gasteiger partial charge is 0.444 e. The summed E-state index contributed by atoms with van der Waals surface area (Å²) in [6.07, 6.45) is 0. The third kappa shape index (κ3) is 3.34. The Hall–Kier alpha value is -1.80. The van der Waals surface area contributed by atoms with Crippen LogP contribution in [-0.2, 0) is 4.79 Å². The molecule has 0 saturated carbocycles. The molecule has 0 spiro atoms. The van der Waals surface area contributed by atoms with Crippen molar-refractivity contribution < 1.29 is 14.3 Å².